The molecule has 0 N–H and O–H groups in total. The van der Waals surface area contributed by atoms with E-state index in [4.69, 9.17) is 0 Å². The molecule has 1 heterocycles. The monoisotopic (exact) mass is 259 g/mol. The van der Waals surface area contributed by atoms with Gasteiger partial charge in [-0.25, -0.2) is 8.42 Å². The average Bonchev–Trinajstić information content (AvgIpc) is 2.92. The van der Waals surface area contributed by atoms with E-state index in [1.54, 1.807) is 15.6 Å². The molecular formula is C11H17NO2S2. The molecule has 1 fully saturated rings. The van der Waals surface area contributed by atoms with Crippen LogP contribution in [0, 0.1) is 0 Å². The second-order valence-electron chi connectivity index (χ2n) is 4.17. The van der Waals surface area contributed by atoms with Crippen molar-refractivity contribution in [2.45, 2.75) is 38.8 Å². The summed E-state index contributed by atoms with van der Waals surface area (Å²) in [6.07, 6.45) is 2.73. The summed E-state index contributed by atoms with van der Waals surface area (Å²) >= 11 is 1.62. The van der Waals surface area contributed by atoms with E-state index in [-0.39, 0.29) is 11.8 Å². The van der Waals surface area contributed by atoms with E-state index in [0.717, 1.165) is 17.7 Å². The summed E-state index contributed by atoms with van der Waals surface area (Å²) in [4.78, 5) is 1.13. The Kier molecular flexibility index (Phi) is 3.66. The zero-order valence-corrected chi connectivity index (χ0v) is 11.1. The molecule has 1 aromatic heterocycles. The first-order chi connectivity index (χ1) is 7.63. The maximum atomic E-state index is 12.1. The lowest BCUT2D eigenvalue weighted by atomic mass is 10.4. The van der Waals surface area contributed by atoms with Gasteiger partial charge in [0, 0.05) is 17.5 Å². The van der Waals surface area contributed by atoms with Crippen LogP contribution in [0.1, 0.15) is 31.1 Å². The van der Waals surface area contributed by atoms with E-state index >= 15 is 0 Å². The Morgan fingerprint density at radius 2 is 2.25 bits per heavy atom. The van der Waals surface area contributed by atoms with Crippen LogP contribution < -0.4 is 0 Å². The Balaban J connectivity index is 2.11. The molecule has 0 radical (unpaired) electrons. The maximum absolute atomic E-state index is 12.1. The lowest BCUT2D eigenvalue weighted by Gasteiger charge is -2.20. The number of nitrogens with zero attached hydrogens (tertiary/aromatic N) is 1. The molecule has 0 amide bonds. The molecule has 1 saturated carbocycles. The standard InChI is InChI=1S/C11H17NO2S2/c1-2-8-16(13,14)12(10-5-6-10)9-11-4-3-7-15-11/h3-4,7,10H,2,5-6,8-9H2,1H3. The molecule has 0 unspecified atom stereocenters. The SMILES string of the molecule is CCCS(=O)(=O)N(Cc1cccs1)C1CC1. The topological polar surface area (TPSA) is 37.4 Å². The molecule has 2 rings (SSSR count). The van der Waals surface area contributed by atoms with Gasteiger partial charge in [0.05, 0.1) is 5.75 Å². The average molecular weight is 259 g/mol. The highest BCUT2D eigenvalue weighted by Gasteiger charge is 2.36. The molecule has 5 heteroatoms. The number of thiophene rings is 1. The van der Waals surface area contributed by atoms with Gasteiger partial charge >= 0.3 is 0 Å². The van der Waals surface area contributed by atoms with Crippen molar-refractivity contribution >= 4 is 21.4 Å². The van der Waals surface area contributed by atoms with Crippen molar-refractivity contribution < 1.29 is 8.42 Å². The molecule has 1 aliphatic carbocycles. The van der Waals surface area contributed by atoms with E-state index in [1.807, 2.05) is 24.4 Å². The molecule has 0 aliphatic heterocycles. The van der Waals surface area contributed by atoms with Crippen LogP contribution in [0.5, 0.6) is 0 Å². The van der Waals surface area contributed by atoms with Gasteiger partial charge < -0.3 is 0 Å². The van der Waals surface area contributed by atoms with Crippen molar-refractivity contribution in [2.75, 3.05) is 5.75 Å². The number of hydrogen-bond donors (Lipinski definition) is 0. The van der Waals surface area contributed by atoms with E-state index in [0.29, 0.717) is 13.0 Å². The predicted molar refractivity (Wildman–Crippen MR) is 67.0 cm³/mol. The Hall–Kier alpha value is -0.390. The van der Waals surface area contributed by atoms with Crippen LogP contribution in [-0.2, 0) is 16.6 Å². The first-order valence-electron chi connectivity index (χ1n) is 5.65. The van der Waals surface area contributed by atoms with Gasteiger partial charge in [-0.2, -0.15) is 4.31 Å². The van der Waals surface area contributed by atoms with Crippen molar-refractivity contribution in [3.8, 4) is 0 Å². The van der Waals surface area contributed by atoms with Crippen LogP contribution in [0.2, 0.25) is 0 Å². The van der Waals surface area contributed by atoms with Gasteiger partial charge in [0.15, 0.2) is 0 Å². The minimum atomic E-state index is -3.05. The van der Waals surface area contributed by atoms with E-state index in [1.165, 1.54) is 0 Å². The quantitative estimate of drug-likeness (QED) is 0.787. The van der Waals surface area contributed by atoms with E-state index in [9.17, 15) is 8.42 Å². The van der Waals surface area contributed by atoms with E-state index < -0.39 is 10.0 Å². The van der Waals surface area contributed by atoms with Crippen molar-refractivity contribution in [1.29, 1.82) is 0 Å². The molecule has 3 nitrogen and oxygen atoms in total. The van der Waals surface area contributed by atoms with Gasteiger partial charge in [0.2, 0.25) is 10.0 Å². The minimum Gasteiger partial charge on any atom is -0.212 e. The molecule has 1 aromatic rings. The Morgan fingerprint density at radius 3 is 2.75 bits per heavy atom. The van der Waals surface area contributed by atoms with Gasteiger partial charge in [0.25, 0.3) is 0 Å². The van der Waals surface area contributed by atoms with Crippen molar-refractivity contribution in [3.05, 3.63) is 22.4 Å². The molecular weight excluding hydrogens is 242 g/mol. The number of sulfonamides is 1. The van der Waals surface area contributed by atoms with Gasteiger partial charge in [-0.05, 0) is 30.7 Å². The molecule has 0 atom stereocenters. The van der Waals surface area contributed by atoms with Crippen molar-refractivity contribution in [1.82, 2.24) is 4.31 Å². The fourth-order valence-corrected chi connectivity index (χ4v) is 4.28. The molecule has 16 heavy (non-hydrogen) atoms. The zero-order valence-electron chi connectivity index (χ0n) is 9.43. The van der Waals surface area contributed by atoms with Crippen LogP contribution >= 0.6 is 11.3 Å². The number of hydrogen-bond acceptors (Lipinski definition) is 3. The fraction of sp³-hybridized carbons (Fsp3) is 0.636. The summed E-state index contributed by atoms with van der Waals surface area (Å²) in [6, 6.07) is 4.23. The fourth-order valence-electron chi connectivity index (χ4n) is 1.75. The molecule has 0 saturated heterocycles. The van der Waals surface area contributed by atoms with Gasteiger partial charge in [-0.15, -0.1) is 11.3 Å². The third-order valence-electron chi connectivity index (χ3n) is 2.67. The largest absolute Gasteiger partial charge is 0.214 e. The molecule has 0 aromatic carbocycles. The predicted octanol–water partition coefficient (Wildman–Crippen LogP) is 2.45. The highest BCUT2D eigenvalue weighted by Crippen LogP contribution is 2.31. The number of rotatable bonds is 6. The van der Waals surface area contributed by atoms with E-state index in [2.05, 4.69) is 0 Å². The summed E-state index contributed by atoms with van der Waals surface area (Å²) in [6.45, 7) is 2.47. The van der Waals surface area contributed by atoms with Gasteiger partial charge in [0.1, 0.15) is 0 Å². The summed E-state index contributed by atoms with van der Waals surface area (Å²) in [5.41, 5.74) is 0. The smallest absolute Gasteiger partial charge is 0.212 e. The first kappa shape index (κ1) is 12.1. The van der Waals surface area contributed by atoms with Gasteiger partial charge in [-0.3, -0.25) is 0 Å². The highest BCUT2D eigenvalue weighted by molar-refractivity contribution is 7.89. The summed E-state index contributed by atoms with van der Waals surface area (Å²) in [7, 11) is -3.05. The Labute approximate surface area is 101 Å². The van der Waals surface area contributed by atoms with Crippen molar-refractivity contribution in [3.63, 3.8) is 0 Å². The molecule has 1 aliphatic rings. The Bertz CT molecular complexity index is 421. The zero-order chi connectivity index (χ0) is 11.6. The lowest BCUT2D eigenvalue weighted by molar-refractivity contribution is 0.401. The van der Waals surface area contributed by atoms with Crippen LogP contribution in [0.3, 0.4) is 0 Å². The second-order valence-corrected chi connectivity index (χ2v) is 7.25. The Morgan fingerprint density at radius 1 is 1.50 bits per heavy atom. The van der Waals surface area contributed by atoms with Gasteiger partial charge in [-0.1, -0.05) is 13.0 Å². The summed E-state index contributed by atoms with van der Waals surface area (Å²) < 4.78 is 25.8. The highest BCUT2D eigenvalue weighted by atomic mass is 32.2. The van der Waals surface area contributed by atoms with Crippen LogP contribution in [0.25, 0.3) is 0 Å². The maximum Gasteiger partial charge on any atom is 0.214 e. The molecule has 90 valence electrons. The summed E-state index contributed by atoms with van der Waals surface area (Å²) in [5.74, 6) is 0.273. The second kappa shape index (κ2) is 4.85. The van der Waals surface area contributed by atoms with Crippen molar-refractivity contribution in [2.24, 2.45) is 0 Å². The molecule has 0 bridgehead atoms. The normalized spacial score (nSPS) is 16.9. The lowest BCUT2D eigenvalue weighted by Crippen LogP contribution is -2.34. The van der Waals surface area contributed by atoms with Crippen LogP contribution in [0.15, 0.2) is 17.5 Å². The minimum absolute atomic E-state index is 0.263. The molecule has 0 spiro atoms. The summed E-state index contributed by atoms with van der Waals surface area (Å²) in [5, 5.41) is 1.99. The van der Waals surface area contributed by atoms with Crippen LogP contribution in [-0.4, -0.2) is 24.5 Å². The third kappa shape index (κ3) is 2.84. The van der Waals surface area contributed by atoms with Crippen LogP contribution in [0.4, 0.5) is 0 Å². The third-order valence-corrected chi connectivity index (χ3v) is 5.59. The first-order valence-corrected chi connectivity index (χ1v) is 8.14.